The van der Waals surface area contributed by atoms with E-state index in [1.165, 1.54) is 0 Å². The van der Waals surface area contributed by atoms with E-state index in [1.807, 2.05) is 26.2 Å². The Bertz CT molecular complexity index is 346. The van der Waals surface area contributed by atoms with Gasteiger partial charge in [-0.2, -0.15) is 0 Å². The molecule has 0 aliphatic rings. The maximum atomic E-state index is 10.8. The molecule has 0 spiro atoms. The van der Waals surface area contributed by atoms with Crippen LogP contribution in [-0.2, 0) is 11.3 Å². The maximum absolute atomic E-state index is 10.8. The summed E-state index contributed by atoms with van der Waals surface area (Å²) in [6.07, 6.45) is 0.331. The third-order valence-corrected chi connectivity index (χ3v) is 2.97. The number of amides is 1. The maximum Gasteiger partial charge on any atom is 0.219 e. The van der Waals surface area contributed by atoms with Crippen LogP contribution in [0.5, 0.6) is 0 Å². The van der Waals surface area contributed by atoms with Crippen molar-refractivity contribution in [2.24, 2.45) is 5.73 Å². The quantitative estimate of drug-likeness (QED) is 0.794. The predicted octanol–water partition coefficient (Wildman–Crippen LogP) is 1.20. The molecule has 0 aliphatic heterocycles. The number of nitrogens with two attached hydrogens (primary N) is 1. The molecule has 3 N–H and O–H groups in total. The summed E-state index contributed by atoms with van der Waals surface area (Å²) in [5.74, 6) is -0.289. The summed E-state index contributed by atoms with van der Waals surface area (Å²) < 4.78 is 0. The fourth-order valence-corrected chi connectivity index (χ4v) is 2.01. The van der Waals surface area contributed by atoms with E-state index in [4.69, 9.17) is 5.73 Å². The number of carbonyl (C=O) groups excluding carboxylic acids is 1. The molecule has 84 valence electrons. The van der Waals surface area contributed by atoms with Gasteiger partial charge in [-0.15, -0.1) is 11.3 Å². The summed E-state index contributed by atoms with van der Waals surface area (Å²) in [6, 6.07) is 0. The molecule has 0 atom stereocenters. The third kappa shape index (κ3) is 4.40. The highest BCUT2D eigenvalue weighted by Gasteiger charge is 2.19. The summed E-state index contributed by atoms with van der Waals surface area (Å²) in [4.78, 5) is 15.1. The number of hydrogen-bond donors (Lipinski definition) is 2. The molecular weight excluding hydrogens is 210 g/mol. The van der Waals surface area contributed by atoms with Crippen LogP contribution in [0.15, 0.2) is 5.38 Å². The van der Waals surface area contributed by atoms with E-state index in [0.29, 0.717) is 13.0 Å². The minimum absolute atomic E-state index is 0.272. The minimum Gasteiger partial charge on any atom is -0.370 e. The van der Waals surface area contributed by atoms with Crippen molar-refractivity contribution in [2.75, 3.05) is 0 Å². The molecule has 0 bridgehead atoms. The SMILES string of the molecule is Cc1csc(CNC(C)(C)CC(N)=O)n1. The zero-order chi connectivity index (χ0) is 11.5. The number of rotatable bonds is 5. The van der Waals surface area contributed by atoms with Gasteiger partial charge in [0.05, 0.1) is 0 Å². The number of aromatic nitrogens is 1. The van der Waals surface area contributed by atoms with Crippen molar-refractivity contribution in [1.29, 1.82) is 0 Å². The number of nitrogens with one attached hydrogen (secondary N) is 1. The summed E-state index contributed by atoms with van der Waals surface area (Å²) in [5.41, 5.74) is 5.92. The molecule has 4 nitrogen and oxygen atoms in total. The Balaban J connectivity index is 2.45. The lowest BCUT2D eigenvalue weighted by Gasteiger charge is -2.24. The van der Waals surface area contributed by atoms with E-state index in [-0.39, 0.29) is 11.4 Å². The van der Waals surface area contributed by atoms with Crippen LogP contribution in [0.1, 0.15) is 31.0 Å². The molecule has 0 unspecified atom stereocenters. The van der Waals surface area contributed by atoms with E-state index in [9.17, 15) is 4.79 Å². The zero-order valence-corrected chi connectivity index (χ0v) is 10.1. The van der Waals surface area contributed by atoms with Gasteiger partial charge >= 0.3 is 0 Å². The van der Waals surface area contributed by atoms with Gasteiger partial charge in [0.25, 0.3) is 0 Å². The summed E-state index contributed by atoms with van der Waals surface area (Å²) >= 11 is 1.62. The first-order valence-corrected chi connectivity index (χ1v) is 5.71. The Labute approximate surface area is 93.9 Å². The Morgan fingerprint density at radius 2 is 2.33 bits per heavy atom. The topological polar surface area (TPSA) is 68.0 Å². The van der Waals surface area contributed by atoms with Crippen molar-refractivity contribution in [2.45, 2.75) is 39.3 Å². The van der Waals surface area contributed by atoms with E-state index >= 15 is 0 Å². The van der Waals surface area contributed by atoms with Crippen molar-refractivity contribution >= 4 is 17.2 Å². The van der Waals surface area contributed by atoms with Gasteiger partial charge in [-0.1, -0.05) is 0 Å². The van der Waals surface area contributed by atoms with E-state index in [0.717, 1.165) is 10.7 Å². The lowest BCUT2D eigenvalue weighted by atomic mass is 10.0. The number of primary amides is 1. The molecule has 0 saturated heterocycles. The average molecular weight is 227 g/mol. The van der Waals surface area contributed by atoms with Gasteiger partial charge in [0.1, 0.15) is 5.01 Å². The Hall–Kier alpha value is -0.940. The standard InChI is InChI=1S/C10H17N3OS/c1-7-6-15-9(13-7)5-12-10(2,3)4-8(11)14/h6,12H,4-5H2,1-3H3,(H2,11,14). The van der Waals surface area contributed by atoms with Crippen LogP contribution in [0.2, 0.25) is 0 Å². The van der Waals surface area contributed by atoms with Gasteiger partial charge in [0, 0.05) is 29.6 Å². The Kier molecular flexibility index (Phi) is 3.82. The van der Waals surface area contributed by atoms with Crippen LogP contribution in [0, 0.1) is 6.92 Å². The Morgan fingerprint density at radius 1 is 1.67 bits per heavy atom. The van der Waals surface area contributed by atoms with Crippen LogP contribution in [0.25, 0.3) is 0 Å². The number of carbonyl (C=O) groups is 1. The number of thiazole rings is 1. The van der Waals surface area contributed by atoms with Crippen LogP contribution in [0.3, 0.4) is 0 Å². The highest BCUT2D eigenvalue weighted by molar-refractivity contribution is 7.09. The summed E-state index contributed by atoms with van der Waals surface area (Å²) in [7, 11) is 0. The highest BCUT2D eigenvalue weighted by atomic mass is 32.1. The first kappa shape index (κ1) is 12.1. The number of aryl methyl sites for hydroxylation is 1. The largest absolute Gasteiger partial charge is 0.370 e. The smallest absolute Gasteiger partial charge is 0.219 e. The molecule has 0 fully saturated rings. The molecule has 0 radical (unpaired) electrons. The number of nitrogens with zero attached hydrogens (tertiary/aromatic N) is 1. The van der Waals surface area contributed by atoms with Gasteiger partial charge in [-0.25, -0.2) is 4.98 Å². The van der Waals surface area contributed by atoms with Crippen LogP contribution in [-0.4, -0.2) is 16.4 Å². The fraction of sp³-hybridized carbons (Fsp3) is 0.600. The van der Waals surface area contributed by atoms with Gasteiger partial charge < -0.3 is 11.1 Å². The number of hydrogen-bond acceptors (Lipinski definition) is 4. The molecule has 1 rings (SSSR count). The first-order valence-electron chi connectivity index (χ1n) is 4.83. The normalized spacial score (nSPS) is 11.7. The molecule has 1 heterocycles. The van der Waals surface area contributed by atoms with Crippen molar-refractivity contribution in [3.8, 4) is 0 Å². The molecule has 0 aliphatic carbocycles. The highest BCUT2D eigenvalue weighted by Crippen LogP contribution is 2.12. The molecule has 1 aromatic heterocycles. The van der Waals surface area contributed by atoms with Crippen molar-refractivity contribution in [3.05, 3.63) is 16.1 Å². The van der Waals surface area contributed by atoms with E-state index < -0.39 is 0 Å². The predicted molar refractivity (Wildman–Crippen MR) is 61.6 cm³/mol. The zero-order valence-electron chi connectivity index (χ0n) is 9.33. The van der Waals surface area contributed by atoms with Crippen LogP contribution in [0.4, 0.5) is 0 Å². The molecule has 5 heteroatoms. The van der Waals surface area contributed by atoms with Gasteiger partial charge in [-0.3, -0.25) is 4.79 Å². The summed E-state index contributed by atoms with van der Waals surface area (Å²) in [6.45, 7) is 6.56. The lowest BCUT2D eigenvalue weighted by molar-refractivity contribution is -0.119. The lowest BCUT2D eigenvalue weighted by Crippen LogP contribution is -2.42. The second-order valence-corrected chi connectivity index (χ2v) is 5.21. The van der Waals surface area contributed by atoms with Crippen molar-refractivity contribution < 1.29 is 4.79 Å². The molecule has 1 amide bonds. The Morgan fingerprint density at radius 3 is 2.80 bits per heavy atom. The van der Waals surface area contributed by atoms with Gasteiger partial charge in [0.15, 0.2) is 0 Å². The van der Waals surface area contributed by atoms with E-state index in [1.54, 1.807) is 11.3 Å². The molecule has 0 saturated carbocycles. The average Bonchev–Trinajstić information content (AvgIpc) is 2.46. The fourth-order valence-electron chi connectivity index (χ4n) is 1.30. The second kappa shape index (κ2) is 4.72. The van der Waals surface area contributed by atoms with E-state index in [2.05, 4.69) is 10.3 Å². The second-order valence-electron chi connectivity index (χ2n) is 4.26. The molecular formula is C10H17N3OS. The first-order chi connectivity index (χ1) is 6.89. The van der Waals surface area contributed by atoms with Crippen LogP contribution < -0.4 is 11.1 Å². The molecule has 0 aromatic carbocycles. The molecule has 15 heavy (non-hydrogen) atoms. The van der Waals surface area contributed by atoms with Crippen molar-refractivity contribution in [1.82, 2.24) is 10.3 Å². The van der Waals surface area contributed by atoms with Crippen molar-refractivity contribution in [3.63, 3.8) is 0 Å². The minimum atomic E-state index is -0.289. The molecule has 1 aromatic rings. The van der Waals surface area contributed by atoms with Gasteiger partial charge in [0.2, 0.25) is 5.91 Å². The van der Waals surface area contributed by atoms with Gasteiger partial charge in [-0.05, 0) is 20.8 Å². The van der Waals surface area contributed by atoms with Crippen LogP contribution >= 0.6 is 11.3 Å². The monoisotopic (exact) mass is 227 g/mol. The third-order valence-electron chi connectivity index (χ3n) is 2.00. The summed E-state index contributed by atoms with van der Waals surface area (Å²) in [5, 5.41) is 6.31.